The van der Waals surface area contributed by atoms with Crippen molar-refractivity contribution in [2.75, 3.05) is 13.2 Å². The SMILES string of the molecule is CC(C)(CCOC(O)C1CCC(C(=O)On2c(O)ccc2O)CC1)OCCC(C)(C)OC(=O)C1CCC(C(=O)On2c(O)ccc2O)CC1. The average Bonchev–Trinajstić information content (AvgIpc) is 3.54. The van der Waals surface area contributed by atoms with Crippen molar-refractivity contribution in [3.05, 3.63) is 24.3 Å². The predicted molar refractivity (Wildman–Crippen MR) is 171 cm³/mol. The molecule has 2 aromatic heterocycles. The zero-order valence-corrected chi connectivity index (χ0v) is 28.6. The molecular weight excluding hydrogens is 644 g/mol. The van der Waals surface area contributed by atoms with Gasteiger partial charge in [0.25, 0.3) is 0 Å². The Kier molecular flexibility index (Phi) is 12.5. The second kappa shape index (κ2) is 16.2. The zero-order chi connectivity index (χ0) is 35.9. The number of aromatic hydroxyl groups is 4. The first kappa shape index (κ1) is 37.9. The molecule has 2 fully saturated rings. The normalized spacial score (nSPS) is 22.3. The van der Waals surface area contributed by atoms with Crippen LogP contribution in [-0.2, 0) is 28.6 Å². The highest BCUT2D eigenvalue weighted by atomic mass is 16.7. The molecule has 1 unspecified atom stereocenters. The van der Waals surface area contributed by atoms with Crippen molar-refractivity contribution >= 4 is 17.9 Å². The van der Waals surface area contributed by atoms with Crippen LogP contribution >= 0.6 is 0 Å². The van der Waals surface area contributed by atoms with Gasteiger partial charge in [0.05, 0.1) is 36.6 Å². The molecule has 1 atom stereocenters. The van der Waals surface area contributed by atoms with Crippen LogP contribution in [0.3, 0.4) is 0 Å². The predicted octanol–water partition coefficient (Wildman–Crippen LogP) is 3.57. The average molecular weight is 695 g/mol. The summed E-state index contributed by atoms with van der Waals surface area (Å²) < 4.78 is 19.0. The van der Waals surface area contributed by atoms with Crippen LogP contribution < -0.4 is 9.68 Å². The molecule has 15 heteroatoms. The van der Waals surface area contributed by atoms with E-state index in [-0.39, 0.29) is 47.9 Å². The van der Waals surface area contributed by atoms with Gasteiger partial charge in [0, 0.05) is 36.6 Å². The van der Waals surface area contributed by atoms with Crippen LogP contribution in [0, 0.1) is 23.7 Å². The molecule has 2 aliphatic rings. The van der Waals surface area contributed by atoms with Crippen molar-refractivity contribution in [1.29, 1.82) is 0 Å². The van der Waals surface area contributed by atoms with E-state index < -0.39 is 41.3 Å². The Bertz CT molecular complexity index is 1380. The minimum atomic E-state index is -0.995. The van der Waals surface area contributed by atoms with Crippen LogP contribution in [0.1, 0.15) is 91.9 Å². The lowest BCUT2D eigenvalue weighted by atomic mass is 9.81. The third-order valence-corrected chi connectivity index (χ3v) is 9.43. The first-order chi connectivity index (χ1) is 23.0. The molecular formula is C34H50N2O13. The first-order valence-corrected chi connectivity index (χ1v) is 16.9. The Labute approximate surface area is 285 Å². The molecule has 0 aliphatic heterocycles. The second-order valence-electron chi connectivity index (χ2n) is 14.2. The van der Waals surface area contributed by atoms with E-state index in [1.54, 1.807) is 0 Å². The molecule has 2 aromatic rings. The summed E-state index contributed by atoms with van der Waals surface area (Å²) in [5.74, 6) is -4.39. The van der Waals surface area contributed by atoms with Gasteiger partial charge in [0.2, 0.25) is 23.5 Å². The van der Waals surface area contributed by atoms with E-state index in [0.717, 1.165) is 0 Å². The van der Waals surface area contributed by atoms with E-state index in [9.17, 15) is 39.9 Å². The minimum Gasteiger partial charge on any atom is -0.492 e. The maximum absolute atomic E-state index is 12.9. The minimum absolute atomic E-state index is 0.144. The van der Waals surface area contributed by atoms with Crippen LogP contribution in [-0.4, -0.2) is 83.6 Å². The third-order valence-electron chi connectivity index (χ3n) is 9.43. The van der Waals surface area contributed by atoms with Gasteiger partial charge in [-0.2, -0.15) is 0 Å². The summed E-state index contributed by atoms with van der Waals surface area (Å²) >= 11 is 0. The number of aliphatic hydroxyl groups excluding tert-OH is 1. The maximum atomic E-state index is 12.9. The van der Waals surface area contributed by atoms with Gasteiger partial charge in [-0.3, -0.25) is 4.79 Å². The second-order valence-corrected chi connectivity index (χ2v) is 14.2. The molecule has 0 bridgehead atoms. The molecule has 2 aliphatic carbocycles. The molecule has 0 spiro atoms. The number of esters is 1. The Morgan fingerprint density at radius 1 is 0.653 bits per heavy atom. The van der Waals surface area contributed by atoms with Gasteiger partial charge >= 0.3 is 17.9 Å². The number of aliphatic hydroxyl groups is 1. The summed E-state index contributed by atoms with van der Waals surface area (Å²) in [6.45, 7) is 8.06. The van der Waals surface area contributed by atoms with Crippen LogP contribution in [0.5, 0.6) is 23.5 Å². The van der Waals surface area contributed by atoms with Crippen LogP contribution in [0.15, 0.2) is 24.3 Å². The van der Waals surface area contributed by atoms with E-state index in [4.69, 9.17) is 23.9 Å². The fraction of sp³-hybridized carbons (Fsp3) is 0.676. The van der Waals surface area contributed by atoms with Crippen molar-refractivity contribution < 1.29 is 63.8 Å². The van der Waals surface area contributed by atoms with Crippen LogP contribution in [0.4, 0.5) is 0 Å². The fourth-order valence-electron chi connectivity index (χ4n) is 6.14. The van der Waals surface area contributed by atoms with Crippen molar-refractivity contribution in [1.82, 2.24) is 9.46 Å². The molecule has 49 heavy (non-hydrogen) atoms. The van der Waals surface area contributed by atoms with Crippen LogP contribution in [0.25, 0.3) is 0 Å². The van der Waals surface area contributed by atoms with Gasteiger partial charge in [0.15, 0.2) is 6.29 Å². The van der Waals surface area contributed by atoms with E-state index >= 15 is 0 Å². The molecule has 0 saturated heterocycles. The Hall–Kier alpha value is -3.95. The summed E-state index contributed by atoms with van der Waals surface area (Å²) in [7, 11) is 0. The zero-order valence-electron chi connectivity index (χ0n) is 28.6. The van der Waals surface area contributed by atoms with Gasteiger partial charge in [-0.25, -0.2) is 9.59 Å². The smallest absolute Gasteiger partial charge is 0.336 e. The molecule has 0 radical (unpaired) electrons. The summed E-state index contributed by atoms with van der Waals surface area (Å²) in [6.07, 6.45) is 3.75. The monoisotopic (exact) mass is 694 g/mol. The summed E-state index contributed by atoms with van der Waals surface area (Å²) in [4.78, 5) is 48.1. The first-order valence-electron chi connectivity index (χ1n) is 16.9. The molecule has 2 saturated carbocycles. The highest BCUT2D eigenvalue weighted by Gasteiger charge is 2.36. The quantitative estimate of drug-likeness (QED) is 0.134. The number of nitrogens with zero attached hydrogens (tertiary/aromatic N) is 2. The molecule has 4 rings (SSSR count). The Morgan fingerprint density at radius 3 is 1.49 bits per heavy atom. The lowest BCUT2D eigenvalue weighted by Gasteiger charge is -2.33. The number of ether oxygens (including phenoxy) is 3. The standard InChI is InChI=1S/C34H50N2O13/c1-33(2,17-19-45-29(41)21-5-9-23(10-6-21)31(43)48-35-25(37)13-14-26(35)38)46-20-18-34(3,4)47-30(42)22-7-11-24(12-8-22)32(44)49-36-27(39)15-16-28(36)40/h13-16,21-24,29,37-41H,5-12,17-20H2,1-4H3. The lowest BCUT2D eigenvalue weighted by Crippen LogP contribution is -2.37. The van der Waals surface area contributed by atoms with Gasteiger partial charge in [-0.15, -0.1) is 9.46 Å². The van der Waals surface area contributed by atoms with E-state index in [2.05, 4.69) is 0 Å². The number of carbonyl (C=O) groups excluding carboxylic acids is 3. The van der Waals surface area contributed by atoms with Gasteiger partial charge in [-0.1, -0.05) is 0 Å². The van der Waals surface area contributed by atoms with E-state index in [0.29, 0.717) is 80.3 Å². The molecule has 15 nitrogen and oxygen atoms in total. The number of hydrogen-bond donors (Lipinski definition) is 5. The lowest BCUT2D eigenvalue weighted by molar-refractivity contribution is -0.169. The van der Waals surface area contributed by atoms with Crippen LogP contribution in [0.2, 0.25) is 0 Å². The number of rotatable bonds is 15. The largest absolute Gasteiger partial charge is 0.492 e. The molecule has 2 heterocycles. The Balaban J connectivity index is 1.09. The maximum Gasteiger partial charge on any atom is 0.336 e. The summed E-state index contributed by atoms with van der Waals surface area (Å²) in [5, 5.41) is 49.4. The number of hydrogen-bond acceptors (Lipinski definition) is 13. The van der Waals surface area contributed by atoms with Gasteiger partial charge in [-0.05, 0) is 85.5 Å². The molecule has 274 valence electrons. The number of carbonyl (C=O) groups is 3. The van der Waals surface area contributed by atoms with E-state index in [1.807, 2.05) is 27.7 Å². The Morgan fingerprint density at radius 2 is 1.04 bits per heavy atom. The fourth-order valence-corrected chi connectivity index (χ4v) is 6.14. The van der Waals surface area contributed by atoms with Gasteiger partial charge in [0.1, 0.15) is 5.60 Å². The summed E-state index contributed by atoms with van der Waals surface area (Å²) in [6, 6.07) is 4.84. The molecule has 0 aromatic carbocycles. The molecule has 5 N–H and O–H groups in total. The third kappa shape index (κ3) is 10.5. The van der Waals surface area contributed by atoms with Crippen molar-refractivity contribution in [3.8, 4) is 23.5 Å². The summed E-state index contributed by atoms with van der Waals surface area (Å²) in [5.41, 5.74) is -1.36. The highest BCUT2D eigenvalue weighted by Crippen LogP contribution is 2.34. The molecule has 0 amide bonds. The highest BCUT2D eigenvalue weighted by molar-refractivity contribution is 5.75. The van der Waals surface area contributed by atoms with E-state index in [1.165, 1.54) is 24.3 Å². The van der Waals surface area contributed by atoms with Crippen molar-refractivity contribution in [3.63, 3.8) is 0 Å². The van der Waals surface area contributed by atoms with Crippen molar-refractivity contribution in [2.24, 2.45) is 23.7 Å². The topological polar surface area (TPSA) is 208 Å². The number of aromatic nitrogens is 2. The van der Waals surface area contributed by atoms with Gasteiger partial charge < -0.3 is 49.4 Å². The van der Waals surface area contributed by atoms with Crippen molar-refractivity contribution in [2.45, 2.75) is 109 Å².